The average molecular weight is 408 g/mol. The molecule has 3 aromatic rings. The van der Waals surface area contributed by atoms with E-state index in [4.69, 9.17) is 16.3 Å². The molecule has 1 heterocycles. The second kappa shape index (κ2) is 9.01. The number of thioether (sulfide) groups is 1. The molecular formula is C19H16ClF2N3OS. The topological polar surface area (TPSA) is 39.9 Å². The van der Waals surface area contributed by atoms with Gasteiger partial charge in [0.1, 0.15) is 24.0 Å². The summed E-state index contributed by atoms with van der Waals surface area (Å²) in [6, 6.07) is 10.7. The highest BCUT2D eigenvalue weighted by molar-refractivity contribution is 7.98. The first-order valence-electron chi connectivity index (χ1n) is 8.05. The molecule has 1 aromatic heterocycles. The molecule has 0 amide bonds. The summed E-state index contributed by atoms with van der Waals surface area (Å²) in [6.45, 7) is 4.35. The fraction of sp³-hybridized carbons (Fsp3) is 0.158. The summed E-state index contributed by atoms with van der Waals surface area (Å²) in [6.07, 6.45) is 1.72. The number of aromatic nitrogens is 3. The Balaban J connectivity index is 1.71. The number of rotatable bonds is 8. The third-order valence-corrected chi connectivity index (χ3v) is 4.98. The van der Waals surface area contributed by atoms with Crippen molar-refractivity contribution in [2.24, 2.45) is 0 Å². The van der Waals surface area contributed by atoms with Crippen LogP contribution >= 0.6 is 23.4 Å². The van der Waals surface area contributed by atoms with Crippen molar-refractivity contribution in [3.05, 3.63) is 83.2 Å². The largest absolute Gasteiger partial charge is 0.486 e. The summed E-state index contributed by atoms with van der Waals surface area (Å²) >= 11 is 7.13. The Bertz CT molecular complexity index is 948. The second-order valence-electron chi connectivity index (χ2n) is 5.54. The lowest BCUT2D eigenvalue weighted by atomic mass is 10.2. The van der Waals surface area contributed by atoms with Crippen LogP contribution in [0.4, 0.5) is 8.78 Å². The highest BCUT2D eigenvalue weighted by atomic mass is 35.5. The summed E-state index contributed by atoms with van der Waals surface area (Å²) < 4.78 is 34.5. The van der Waals surface area contributed by atoms with Crippen molar-refractivity contribution in [2.45, 2.75) is 24.1 Å². The van der Waals surface area contributed by atoms with E-state index in [-0.39, 0.29) is 17.4 Å². The van der Waals surface area contributed by atoms with Gasteiger partial charge in [0.25, 0.3) is 0 Å². The summed E-state index contributed by atoms with van der Waals surface area (Å²) in [5.74, 6) is 0.666. The van der Waals surface area contributed by atoms with E-state index in [1.165, 1.54) is 36.0 Å². The predicted molar refractivity (Wildman–Crippen MR) is 102 cm³/mol. The minimum atomic E-state index is -0.509. The van der Waals surface area contributed by atoms with E-state index < -0.39 is 5.82 Å². The van der Waals surface area contributed by atoms with E-state index in [0.717, 1.165) is 0 Å². The molecule has 0 bridgehead atoms. The van der Waals surface area contributed by atoms with Crippen LogP contribution in [0, 0.1) is 11.6 Å². The Morgan fingerprint density at radius 2 is 1.96 bits per heavy atom. The maximum absolute atomic E-state index is 13.8. The minimum Gasteiger partial charge on any atom is -0.486 e. The molecule has 140 valence electrons. The van der Waals surface area contributed by atoms with Gasteiger partial charge in [-0.15, -0.1) is 16.8 Å². The van der Waals surface area contributed by atoms with E-state index in [0.29, 0.717) is 34.6 Å². The Morgan fingerprint density at radius 3 is 2.70 bits per heavy atom. The molecule has 3 rings (SSSR count). The van der Waals surface area contributed by atoms with Crippen LogP contribution in [0.2, 0.25) is 5.02 Å². The maximum Gasteiger partial charge on any atom is 0.191 e. The SMILES string of the molecule is C=CCn1c(COc2ccc(F)c(Cl)c2)nnc1SCc1ccccc1F. The van der Waals surface area contributed by atoms with Gasteiger partial charge in [-0.1, -0.05) is 47.6 Å². The number of nitrogens with zero attached hydrogens (tertiary/aromatic N) is 3. The fourth-order valence-corrected chi connectivity index (χ4v) is 3.44. The van der Waals surface area contributed by atoms with Gasteiger partial charge in [-0.2, -0.15) is 0 Å². The van der Waals surface area contributed by atoms with Gasteiger partial charge in [-0.25, -0.2) is 8.78 Å². The molecule has 0 spiro atoms. The fourth-order valence-electron chi connectivity index (χ4n) is 2.32. The first-order chi connectivity index (χ1) is 13.1. The zero-order valence-electron chi connectivity index (χ0n) is 14.2. The van der Waals surface area contributed by atoms with E-state index in [1.54, 1.807) is 24.3 Å². The number of hydrogen-bond donors (Lipinski definition) is 0. The van der Waals surface area contributed by atoms with Crippen LogP contribution in [0.1, 0.15) is 11.4 Å². The van der Waals surface area contributed by atoms with Gasteiger partial charge in [-0.3, -0.25) is 4.57 Å². The zero-order valence-corrected chi connectivity index (χ0v) is 15.8. The molecule has 0 unspecified atom stereocenters. The zero-order chi connectivity index (χ0) is 19.2. The molecule has 0 atom stereocenters. The third kappa shape index (κ3) is 4.87. The molecule has 0 aliphatic heterocycles. The maximum atomic E-state index is 13.8. The lowest BCUT2D eigenvalue weighted by Crippen LogP contribution is -2.07. The smallest absolute Gasteiger partial charge is 0.191 e. The molecule has 27 heavy (non-hydrogen) atoms. The van der Waals surface area contributed by atoms with Crippen LogP contribution in [-0.4, -0.2) is 14.8 Å². The van der Waals surface area contributed by atoms with Gasteiger partial charge >= 0.3 is 0 Å². The van der Waals surface area contributed by atoms with Crippen molar-refractivity contribution in [2.75, 3.05) is 0 Å². The van der Waals surface area contributed by atoms with E-state index in [9.17, 15) is 8.78 Å². The first kappa shape index (κ1) is 19.4. The Hall–Kier alpha value is -2.38. The van der Waals surface area contributed by atoms with Gasteiger partial charge in [0.05, 0.1) is 5.02 Å². The Labute approximate surface area is 164 Å². The number of ether oxygens (including phenoxy) is 1. The summed E-state index contributed by atoms with van der Waals surface area (Å²) in [5.41, 5.74) is 0.592. The Morgan fingerprint density at radius 1 is 1.15 bits per heavy atom. The standard InChI is InChI=1S/C19H16ClF2N3OS/c1-2-9-25-18(11-26-14-7-8-17(22)15(20)10-14)23-24-19(25)27-12-13-5-3-4-6-16(13)21/h2-8,10H,1,9,11-12H2. The van der Waals surface area contributed by atoms with Crippen molar-refractivity contribution in [1.82, 2.24) is 14.8 Å². The third-order valence-electron chi connectivity index (χ3n) is 3.68. The van der Waals surface area contributed by atoms with Crippen LogP contribution in [0.25, 0.3) is 0 Å². The quantitative estimate of drug-likeness (QED) is 0.377. The number of hydrogen-bond acceptors (Lipinski definition) is 4. The van der Waals surface area contributed by atoms with Gasteiger partial charge in [0, 0.05) is 18.4 Å². The Kier molecular flexibility index (Phi) is 6.47. The molecule has 0 saturated carbocycles. The molecule has 0 saturated heterocycles. The number of halogens is 3. The van der Waals surface area contributed by atoms with Crippen molar-refractivity contribution < 1.29 is 13.5 Å². The summed E-state index contributed by atoms with van der Waals surface area (Å²) in [5, 5.41) is 8.93. The van der Waals surface area contributed by atoms with Gasteiger partial charge in [0.2, 0.25) is 0 Å². The van der Waals surface area contributed by atoms with Gasteiger partial charge in [0.15, 0.2) is 11.0 Å². The highest BCUT2D eigenvalue weighted by Crippen LogP contribution is 2.25. The van der Waals surface area contributed by atoms with Crippen molar-refractivity contribution >= 4 is 23.4 Å². The molecule has 8 heteroatoms. The molecule has 0 aliphatic rings. The van der Waals surface area contributed by atoms with E-state index in [2.05, 4.69) is 16.8 Å². The van der Waals surface area contributed by atoms with Gasteiger partial charge < -0.3 is 4.74 Å². The van der Waals surface area contributed by atoms with Gasteiger partial charge in [-0.05, 0) is 23.8 Å². The summed E-state index contributed by atoms with van der Waals surface area (Å²) in [7, 11) is 0. The van der Waals surface area contributed by atoms with Crippen molar-refractivity contribution in [3.8, 4) is 5.75 Å². The minimum absolute atomic E-state index is 0.0128. The van der Waals surface area contributed by atoms with Crippen LogP contribution in [-0.2, 0) is 18.9 Å². The number of benzene rings is 2. The molecule has 4 nitrogen and oxygen atoms in total. The van der Waals surface area contributed by atoms with Crippen molar-refractivity contribution in [1.29, 1.82) is 0 Å². The molecular weight excluding hydrogens is 392 g/mol. The molecule has 0 N–H and O–H groups in total. The first-order valence-corrected chi connectivity index (χ1v) is 9.42. The lowest BCUT2D eigenvalue weighted by molar-refractivity contribution is 0.288. The summed E-state index contributed by atoms with van der Waals surface area (Å²) in [4.78, 5) is 0. The molecule has 0 radical (unpaired) electrons. The molecule has 2 aromatic carbocycles. The monoisotopic (exact) mass is 407 g/mol. The van der Waals surface area contributed by atoms with Crippen molar-refractivity contribution in [3.63, 3.8) is 0 Å². The average Bonchev–Trinajstić information content (AvgIpc) is 3.04. The van der Waals surface area contributed by atoms with E-state index >= 15 is 0 Å². The normalized spacial score (nSPS) is 10.8. The second-order valence-corrected chi connectivity index (χ2v) is 6.89. The van der Waals surface area contributed by atoms with Crippen LogP contribution in [0.5, 0.6) is 5.75 Å². The van der Waals surface area contributed by atoms with Crippen LogP contribution in [0.15, 0.2) is 60.3 Å². The molecule has 0 aliphatic carbocycles. The van der Waals surface area contributed by atoms with E-state index in [1.807, 2.05) is 4.57 Å². The highest BCUT2D eigenvalue weighted by Gasteiger charge is 2.14. The lowest BCUT2D eigenvalue weighted by Gasteiger charge is -2.09. The van der Waals surface area contributed by atoms with Crippen LogP contribution in [0.3, 0.4) is 0 Å². The predicted octanol–water partition coefficient (Wildman–Crippen LogP) is 5.27. The molecule has 0 fully saturated rings. The van der Waals surface area contributed by atoms with Crippen LogP contribution < -0.4 is 4.74 Å². The number of allylic oxidation sites excluding steroid dienone is 1.